The number of ether oxygens (including phenoxy) is 3. The maximum atomic E-state index is 11.4. The number of carbonyl (C=O) groups is 1. The Morgan fingerprint density at radius 1 is 1.22 bits per heavy atom. The molecular formula is C14H20O4. The van der Waals surface area contributed by atoms with Gasteiger partial charge in [-0.2, -0.15) is 0 Å². The van der Waals surface area contributed by atoms with Crippen molar-refractivity contribution in [3.8, 4) is 11.5 Å². The Bertz CT molecular complexity index is 399. The van der Waals surface area contributed by atoms with Gasteiger partial charge in [-0.25, -0.2) is 4.79 Å². The van der Waals surface area contributed by atoms with E-state index in [-0.39, 0.29) is 5.97 Å². The minimum Gasteiger partial charge on any atom is -0.490 e. The van der Waals surface area contributed by atoms with E-state index in [0.717, 1.165) is 0 Å². The predicted octanol–water partition coefficient (Wildman–Crippen LogP) is 2.91. The topological polar surface area (TPSA) is 44.8 Å². The number of hydrogen-bond acceptors (Lipinski definition) is 4. The molecule has 0 heterocycles. The summed E-state index contributed by atoms with van der Waals surface area (Å²) in [7, 11) is 1.35. The summed E-state index contributed by atoms with van der Waals surface area (Å²) in [6, 6.07) is 5.05. The van der Waals surface area contributed by atoms with E-state index < -0.39 is 0 Å². The molecule has 0 atom stereocenters. The number of benzene rings is 1. The number of hydrogen-bond donors (Lipinski definition) is 0. The largest absolute Gasteiger partial charge is 0.490 e. The summed E-state index contributed by atoms with van der Waals surface area (Å²) in [5, 5.41) is 0. The van der Waals surface area contributed by atoms with Gasteiger partial charge in [0, 0.05) is 0 Å². The molecule has 0 spiro atoms. The molecule has 1 aromatic rings. The molecule has 4 nitrogen and oxygen atoms in total. The molecule has 18 heavy (non-hydrogen) atoms. The third-order valence-corrected chi connectivity index (χ3v) is 2.24. The van der Waals surface area contributed by atoms with Crippen LogP contribution < -0.4 is 9.47 Å². The van der Waals surface area contributed by atoms with Gasteiger partial charge in [-0.1, -0.05) is 13.8 Å². The van der Waals surface area contributed by atoms with Gasteiger partial charge in [-0.15, -0.1) is 0 Å². The van der Waals surface area contributed by atoms with E-state index in [0.29, 0.717) is 36.2 Å². The minimum atomic E-state index is -0.383. The highest BCUT2D eigenvalue weighted by Crippen LogP contribution is 2.29. The Labute approximate surface area is 108 Å². The van der Waals surface area contributed by atoms with Crippen LogP contribution in [0.5, 0.6) is 11.5 Å². The molecule has 0 aromatic heterocycles. The van der Waals surface area contributed by atoms with Crippen LogP contribution in [0.4, 0.5) is 0 Å². The van der Waals surface area contributed by atoms with Crippen molar-refractivity contribution in [1.29, 1.82) is 0 Å². The van der Waals surface area contributed by atoms with Gasteiger partial charge in [0.2, 0.25) is 0 Å². The van der Waals surface area contributed by atoms with E-state index in [1.54, 1.807) is 18.2 Å². The van der Waals surface area contributed by atoms with Crippen LogP contribution in [0.2, 0.25) is 0 Å². The summed E-state index contributed by atoms with van der Waals surface area (Å²) in [5.41, 5.74) is 0.456. The van der Waals surface area contributed by atoms with Crippen molar-refractivity contribution in [3.05, 3.63) is 23.8 Å². The van der Waals surface area contributed by atoms with Crippen LogP contribution in [-0.2, 0) is 4.74 Å². The van der Waals surface area contributed by atoms with Gasteiger partial charge in [0.05, 0.1) is 25.9 Å². The van der Waals surface area contributed by atoms with Crippen molar-refractivity contribution >= 4 is 5.97 Å². The highest BCUT2D eigenvalue weighted by molar-refractivity contribution is 5.90. The Kier molecular flexibility index (Phi) is 5.49. The molecule has 0 saturated carbocycles. The summed E-state index contributed by atoms with van der Waals surface area (Å²) >= 11 is 0. The SMILES string of the molecule is CCOc1cc(C(=O)OC)ccc1OCC(C)C. The second-order valence-electron chi connectivity index (χ2n) is 4.29. The number of rotatable bonds is 6. The lowest BCUT2D eigenvalue weighted by molar-refractivity contribution is 0.0600. The second-order valence-corrected chi connectivity index (χ2v) is 4.29. The van der Waals surface area contributed by atoms with Crippen molar-refractivity contribution in [1.82, 2.24) is 0 Å². The monoisotopic (exact) mass is 252 g/mol. The molecule has 0 amide bonds. The Hall–Kier alpha value is -1.71. The zero-order chi connectivity index (χ0) is 13.5. The van der Waals surface area contributed by atoms with E-state index in [2.05, 4.69) is 18.6 Å². The molecular weight excluding hydrogens is 232 g/mol. The van der Waals surface area contributed by atoms with E-state index >= 15 is 0 Å². The summed E-state index contributed by atoms with van der Waals surface area (Å²) < 4.78 is 15.8. The maximum Gasteiger partial charge on any atom is 0.337 e. The third kappa shape index (κ3) is 3.95. The fourth-order valence-electron chi connectivity index (χ4n) is 1.40. The standard InChI is InChI=1S/C14H20O4/c1-5-17-13-8-11(14(15)16-4)6-7-12(13)18-9-10(2)3/h6-8,10H,5,9H2,1-4H3. The van der Waals surface area contributed by atoms with Gasteiger partial charge in [0.25, 0.3) is 0 Å². The molecule has 0 saturated heterocycles. The molecule has 0 unspecified atom stereocenters. The van der Waals surface area contributed by atoms with Crippen LogP contribution in [-0.4, -0.2) is 26.3 Å². The number of carbonyl (C=O) groups excluding carboxylic acids is 1. The smallest absolute Gasteiger partial charge is 0.337 e. The first-order valence-corrected chi connectivity index (χ1v) is 6.06. The van der Waals surface area contributed by atoms with Crippen LogP contribution in [0, 0.1) is 5.92 Å². The normalized spacial score (nSPS) is 10.3. The van der Waals surface area contributed by atoms with Crippen molar-refractivity contribution in [2.45, 2.75) is 20.8 Å². The van der Waals surface area contributed by atoms with Crippen molar-refractivity contribution in [2.75, 3.05) is 20.3 Å². The zero-order valence-electron chi connectivity index (χ0n) is 11.4. The van der Waals surface area contributed by atoms with Gasteiger partial charge < -0.3 is 14.2 Å². The second kappa shape index (κ2) is 6.89. The lowest BCUT2D eigenvalue weighted by Crippen LogP contribution is -2.07. The minimum absolute atomic E-state index is 0.383. The molecule has 4 heteroatoms. The lowest BCUT2D eigenvalue weighted by atomic mass is 10.2. The first-order valence-electron chi connectivity index (χ1n) is 6.06. The van der Waals surface area contributed by atoms with Crippen LogP contribution in [0.3, 0.4) is 0 Å². The van der Waals surface area contributed by atoms with Gasteiger partial charge >= 0.3 is 5.97 Å². The quantitative estimate of drug-likeness (QED) is 0.730. The van der Waals surface area contributed by atoms with E-state index in [9.17, 15) is 4.79 Å². The fraction of sp³-hybridized carbons (Fsp3) is 0.500. The fourth-order valence-corrected chi connectivity index (χ4v) is 1.40. The zero-order valence-corrected chi connectivity index (χ0v) is 11.4. The van der Waals surface area contributed by atoms with E-state index in [1.807, 2.05) is 6.92 Å². The summed E-state index contributed by atoms with van der Waals surface area (Å²) in [6.45, 7) is 7.16. The van der Waals surface area contributed by atoms with Crippen molar-refractivity contribution in [2.24, 2.45) is 5.92 Å². The van der Waals surface area contributed by atoms with E-state index in [4.69, 9.17) is 9.47 Å². The molecule has 1 rings (SSSR count). The molecule has 0 fully saturated rings. The average Bonchev–Trinajstić information content (AvgIpc) is 2.36. The van der Waals surface area contributed by atoms with Gasteiger partial charge in [-0.05, 0) is 31.0 Å². The number of esters is 1. The van der Waals surface area contributed by atoms with Gasteiger partial charge in [-0.3, -0.25) is 0 Å². The summed E-state index contributed by atoms with van der Waals surface area (Å²) in [4.78, 5) is 11.4. The highest BCUT2D eigenvalue weighted by Gasteiger charge is 2.12. The van der Waals surface area contributed by atoms with E-state index in [1.165, 1.54) is 7.11 Å². The Morgan fingerprint density at radius 3 is 2.50 bits per heavy atom. The predicted molar refractivity (Wildman–Crippen MR) is 69.3 cm³/mol. The van der Waals surface area contributed by atoms with Crippen molar-refractivity contribution < 1.29 is 19.0 Å². The highest BCUT2D eigenvalue weighted by atomic mass is 16.5. The summed E-state index contributed by atoms with van der Waals surface area (Å²) in [5.74, 6) is 1.27. The first-order chi connectivity index (χ1) is 8.58. The maximum absolute atomic E-state index is 11.4. The molecule has 100 valence electrons. The van der Waals surface area contributed by atoms with Crippen LogP contribution in [0.15, 0.2) is 18.2 Å². The van der Waals surface area contributed by atoms with Gasteiger partial charge in [0.1, 0.15) is 0 Å². The summed E-state index contributed by atoms with van der Waals surface area (Å²) in [6.07, 6.45) is 0. The molecule has 0 N–H and O–H groups in total. The average molecular weight is 252 g/mol. The van der Waals surface area contributed by atoms with Crippen molar-refractivity contribution in [3.63, 3.8) is 0 Å². The molecule has 0 aliphatic carbocycles. The number of methoxy groups -OCH3 is 1. The lowest BCUT2D eigenvalue weighted by Gasteiger charge is -2.14. The Morgan fingerprint density at radius 2 is 1.94 bits per heavy atom. The Balaban J connectivity index is 2.92. The first kappa shape index (κ1) is 14.4. The van der Waals surface area contributed by atoms with Crippen LogP contribution in [0.25, 0.3) is 0 Å². The molecule has 1 aromatic carbocycles. The van der Waals surface area contributed by atoms with Gasteiger partial charge in [0.15, 0.2) is 11.5 Å². The molecule has 0 aliphatic heterocycles. The van der Waals surface area contributed by atoms with Crippen LogP contribution in [0.1, 0.15) is 31.1 Å². The van der Waals surface area contributed by atoms with Crippen LogP contribution >= 0.6 is 0 Å². The third-order valence-electron chi connectivity index (χ3n) is 2.24. The molecule has 0 aliphatic rings. The molecule has 0 bridgehead atoms. The molecule has 0 radical (unpaired) electrons.